The van der Waals surface area contributed by atoms with Crippen molar-refractivity contribution in [2.75, 3.05) is 12.3 Å². The van der Waals surface area contributed by atoms with Crippen LogP contribution < -0.4 is 40.0 Å². The minimum absolute atomic E-state index is 0. The molecule has 0 saturated heterocycles. The van der Waals surface area contributed by atoms with Crippen LogP contribution in [0.1, 0.15) is 13.3 Å². The van der Waals surface area contributed by atoms with E-state index in [-0.39, 0.29) is 46.3 Å². The van der Waals surface area contributed by atoms with Crippen molar-refractivity contribution in [1.82, 2.24) is 4.98 Å². The molecule has 35 heavy (non-hydrogen) atoms. The standard InChI is InChI=1S/C24H21FN4O4S.Na/c1-2-11-33-22-12-15(25)7-9-19(22)20-10-8-16(14-27-20)28-29-21-13-23(34(30,31)32)17-5-3-4-6-18(17)24(21)26;/h3-10,12-14H,2,11,26H2,1H3,(H,30,31,32);/q;+1/p-1. The summed E-state index contributed by atoms with van der Waals surface area (Å²) in [5.74, 6) is -0.0216. The van der Waals surface area contributed by atoms with Crippen LogP contribution in [0.4, 0.5) is 21.5 Å². The Balaban J connectivity index is 0.00000342. The Labute approximate surface area is 224 Å². The van der Waals surface area contributed by atoms with Crippen LogP contribution in [0.2, 0.25) is 0 Å². The summed E-state index contributed by atoms with van der Waals surface area (Å²) in [5, 5.41) is 8.75. The molecule has 4 rings (SSSR count). The van der Waals surface area contributed by atoms with Crippen LogP contribution in [0.15, 0.2) is 82.0 Å². The number of anilines is 1. The first-order chi connectivity index (χ1) is 16.3. The van der Waals surface area contributed by atoms with Crippen LogP contribution in [0, 0.1) is 5.82 Å². The molecule has 2 N–H and O–H groups in total. The monoisotopic (exact) mass is 502 g/mol. The molecule has 174 valence electrons. The van der Waals surface area contributed by atoms with Gasteiger partial charge in [-0.1, -0.05) is 31.2 Å². The second kappa shape index (κ2) is 11.2. The summed E-state index contributed by atoms with van der Waals surface area (Å²) < 4.78 is 54.6. The predicted octanol–water partition coefficient (Wildman–Crippen LogP) is 2.74. The van der Waals surface area contributed by atoms with E-state index >= 15 is 0 Å². The molecule has 11 heteroatoms. The van der Waals surface area contributed by atoms with Gasteiger partial charge >= 0.3 is 29.6 Å². The fourth-order valence-electron chi connectivity index (χ4n) is 3.40. The molecule has 0 saturated carbocycles. The molecular formula is C24H20FN4NaO4S. The summed E-state index contributed by atoms with van der Waals surface area (Å²) >= 11 is 0. The molecule has 0 amide bonds. The number of fused-ring (bicyclic) bond motifs is 1. The number of azo groups is 1. The van der Waals surface area contributed by atoms with Crippen LogP contribution in [0.25, 0.3) is 22.0 Å². The van der Waals surface area contributed by atoms with Crippen molar-refractivity contribution in [3.63, 3.8) is 0 Å². The van der Waals surface area contributed by atoms with E-state index in [9.17, 15) is 17.4 Å². The third-order valence-electron chi connectivity index (χ3n) is 5.00. The molecule has 0 aliphatic rings. The smallest absolute Gasteiger partial charge is 0.744 e. The summed E-state index contributed by atoms with van der Waals surface area (Å²) in [6, 6.07) is 15.1. The van der Waals surface area contributed by atoms with E-state index in [0.29, 0.717) is 34.7 Å². The Morgan fingerprint density at radius 1 is 1.06 bits per heavy atom. The van der Waals surface area contributed by atoms with Gasteiger partial charge < -0.3 is 15.0 Å². The number of nitrogens with zero attached hydrogens (tertiary/aromatic N) is 3. The van der Waals surface area contributed by atoms with Gasteiger partial charge in [0.05, 0.1) is 29.1 Å². The summed E-state index contributed by atoms with van der Waals surface area (Å²) in [6.45, 7) is 2.39. The SMILES string of the molecule is CCCOc1cc(F)ccc1-c1ccc(N=Nc2cc(S(=O)(=O)[O-])c3ccccc3c2N)cn1.[Na+]. The number of hydrogen-bond donors (Lipinski definition) is 1. The molecule has 0 aliphatic heterocycles. The number of pyridine rings is 1. The van der Waals surface area contributed by atoms with Crippen molar-refractivity contribution < 1.29 is 51.7 Å². The van der Waals surface area contributed by atoms with E-state index in [1.807, 2.05) is 6.92 Å². The summed E-state index contributed by atoms with van der Waals surface area (Å²) in [7, 11) is -4.76. The fraction of sp³-hybridized carbons (Fsp3) is 0.125. The normalized spacial score (nSPS) is 11.5. The maximum absolute atomic E-state index is 13.7. The Bertz CT molecular complexity index is 1500. The average molecular weight is 503 g/mol. The van der Waals surface area contributed by atoms with E-state index < -0.39 is 20.8 Å². The zero-order chi connectivity index (χ0) is 24.3. The van der Waals surface area contributed by atoms with Crippen molar-refractivity contribution in [2.24, 2.45) is 10.2 Å². The molecule has 0 bridgehead atoms. The van der Waals surface area contributed by atoms with Crippen LogP contribution in [-0.2, 0) is 10.1 Å². The molecule has 8 nitrogen and oxygen atoms in total. The topological polar surface area (TPSA) is 130 Å². The zero-order valence-electron chi connectivity index (χ0n) is 19.1. The van der Waals surface area contributed by atoms with Crippen LogP contribution in [0.5, 0.6) is 5.75 Å². The van der Waals surface area contributed by atoms with Gasteiger partial charge in [0.2, 0.25) is 0 Å². The number of benzene rings is 3. The molecule has 0 unspecified atom stereocenters. The van der Waals surface area contributed by atoms with Gasteiger partial charge in [-0.15, -0.1) is 10.2 Å². The van der Waals surface area contributed by atoms with Gasteiger partial charge in [-0.3, -0.25) is 4.98 Å². The number of ether oxygens (including phenoxy) is 1. The van der Waals surface area contributed by atoms with E-state index in [4.69, 9.17) is 10.5 Å². The largest absolute Gasteiger partial charge is 1.00 e. The first-order valence-electron chi connectivity index (χ1n) is 10.4. The van der Waals surface area contributed by atoms with E-state index in [1.54, 1.807) is 36.4 Å². The van der Waals surface area contributed by atoms with Crippen molar-refractivity contribution in [1.29, 1.82) is 0 Å². The third kappa shape index (κ3) is 6.03. The second-order valence-corrected chi connectivity index (χ2v) is 8.75. The number of halogens is 1. The number of nitrogen functional groups attached to an aromatic ring is 1. The first-order valence-corrected chi connectivity index (χ1v) is 11.8. The van der Waals surface area contributed by atoms with E-state index in [1.165, 1.54) is 24.4 Å². The average Bonchev–Trinajstić information content (AvgIpc) is 2.82. The summed E-state index contributed by atoms with van der Waals surface area (Å²) in [6.07, 6.45) is 2.23. The van der Waals surface area contributed by atoms with E-state index in [0.717, 1.165) is 12.5 Å². The maximum Gasteiger partial charge on any atom is 1.00 e. The fourth-order valence-corrected chi connectivity index (χ4v) is 4.10. The van der Waals surface area contributed by atoms with Gasteiger partial charge in [-0.2, -0.15) is 0 Å². The Morgan fingerprint density at radius 2 is 1.80 bits per heavy atom. The third-order valence-corrected chi connectivity index (χ3v) is 5.87. The van der Waals surface area contributed by atoms with Crippen LogP contribution in [-0.4, -0.2) is 24.6 Å². The van der Waals surface area contributed by atoms with Gasteiger partial charge in [-0.25, -0.2) is 12.8 Å². The van der Waals surface area contributed by atoms with Gasteiger partial charge in [-0.05, 0) is 36.8 Å². The van der Waals surface area contributed by atoms with Gasteiger partial charge in [0.1, 0.15) is 33.1 Å². The van der Waals surface area contributed by atoms with Gasteiger partial charge in [0.15, 0.2) is 0 Å². The van der Waals surface area contributed by atoms with Crippen LogP contribution in [0.3, 0.4) is 0 Å². The van der Waals surface area contributed by atoms with Crippen LogP contribution >= 0.6 is 0 Å². The summed E-state index contributed by atoms with van der Waals surface area (Å²) in [4.78, 5) is 3.93. The van der Waals surface area contributed by atoms with E-state index in [2.05, 4.69) is 15.2 Å². The minimum atomic E-state index is -4.76. The van der Waals surface area contributed by atoms with Crippen molar-refractivity contribution >= 4 is 38.0 Å². The molecule has 0 atom stereocenters. The molecule has 0 aliphatic carbocycles. The summed E-state index contributed by atoms with van der Waals surface area (Å²) in [5.41, 5.74) is 7.94. The van der Waals surface area contributed by atoms with Crippen molar-refractivity contribution in [3.8, 4) is 17.0 Å². The molecule has 0 fully saturated rings. The molecule has 3 aromatic carbocycles. The molecule has 0 spiro atoms. The number of rotatable bonds is 7. The molecule has 4 aromatic rings. The molecule has 1 heterocycles. The number of hydrogen-bond acceptors (Lipinski definition) is 8. The molecule has 1 aromatic heterocycles. The number of nitrogens with two attached hydrogens (primary N) is 1. The van der Waals surface area contributed by atoms with Gasteiger partial charge in [0.25, 0.3) is 0 Å². The number of aromatic nitrogens is 1. The molecular weight excluding hydrogens is 482 g/mol. The Hall–Kier alpha value is -2.89. The maximum atomic E-state index is 13.7. The minimum Gasteiger partial charge on any atom is -0.744 e. The molecule has 0 radical (unpaired) electrons. The Kier molecular flexibility index (Phi) is 8.57. The zero-order valence-corrected chi connectivity index (χ0v) is 21.9. The Morgan fingerprint density at radius 3 is 2.46 bits per heavy atom. The second-order valence-electron chi connectivity index (χ2n) is 7.40. The predicted molar refractivity (Wildman–Crippen MR) is 126 cm³/mol. The first kappa shape index (κ1) is 26.7. The quantitative estimate of drug-likeness (QED) is 0.179. The van der Waals surface area contributed by atoms with Crippen molar-refractivity contribution in [3.05, 3.63) is 72.7 Å². The van der Waals surface area contributed by atoms with Gasteiger partial charge in [0, 0.05) is 22.4 Å². The van der Waals surface area contributed by atoms with Crippen molar-refractivity contribution in [2.45, 2.75) is 18.2 Å².